The number of halogens is 1. The maximum atomic E-state index is 13.7. The van der Waals surface area contributed by atoms with Gasteiger partial charge in [-0.05, 0) is 23.8 Å². The molecule has 0 aliphatic rings. The minimum atomic E-state index is -1.08. The zero-order chi connectivity index (χ0) is 14.5. The average Bonchev–Trinajstić information content (AvgIpc) is 2.46. The van der Waals surface area contributed by atoms with Gasteiger partial charge in [0.25, 0.3) is 0 Å². The van der Waals surface area contributed by atoms with Crippen LogP contribution in [0.25, 0.3) is 0 Å². The lowest BCUT2D eigenvalue weighted by Gasteiger charge is -2.06. The molecule has 1 aromatic heterocycles. The Bertz CT molecular complexity index is 634. The fourth-order valence-electron chi connectivity index (χ4n) is 1.55. The fraction of sp³-hybridized carbons (Fsp3) is 0.143. The number of thioether (sulfide) groups is 1. The second-order valence-corrected chi connectivity index (χ2v) is 4.98. The van der Waals surface area contributed by atoms with E-state index in [2.05, 4.69) is 4.98 Å². The van der Waals surface area contributed by atoms with Crippen molar-refractivity contribution in [2.75, 3.05) is 7.11 Å². The van der Waals surface area contributed by atoms with Gasteiger partial charge in [0.15, 0.2) is 0 Å². The van der Waals surface area contributed by atoms with Gasteiger partial charge in [-0.15, -0.1) is 11.8 Å². The van der Waals surface area contributed by atoms with Crippen molar-refractivity contribution < 1.29 is 19.0 Å². The zero-order valence-electron chi connectivity index (χ0n) is 10.7. The van der Waals surface area contributed by atoms with Crippen molar-refractivity contribution in [1.82, 2.24) is 4.98 Å². The third kappa shape index (κ3) is 3.48. The van der Waals surface area contributed by atoms with Crippen LogP contribution >= 0.6 is 11.8 Å². The van der Waals surface area contributed by atoms with E-state index >= 15 is 0 Å². The summed E-state index contributed by atoms with van der Waals surface area (Å²) >= 11 is 1.35. The maximum Gasteiger partial charge on any atom is 0.354 e. The van der Waals surface area contributed by atoms with Gasteiger partial charge in [0, 0.05) is 22.9 Å². The summed E-state index contributed by atoms with van der Waals surface area (Å²) in [5.74, 6) is -0.556. The Hall–Kier alpha value is -2.08. The Kier molecular flexibility index (Phi) is 4.57. The first-order valence-electron chi connectivity index (χ1n) is 5.74. The van der Waals surface area contributed by atoms with E-state index < -0.39 is 5.97 Å². The molecule has 0 bridgehead atoms. The van der Waals surface area contributed by atoms with Gasteiger partial charge in [-0.25, -0.2) is 14.2 Å². The fourth-order valence-corrected chi connectivity index (χ4v) is 2.46. The molecule has 1 aromatic carbocycles. The molecule has 0 saturated heterocycles. The lowest BCUT2D eigenvalue weighted by Crippen LogP contribution is -1.99. The van der Waals surface area contributed by atoms with Crippen LogP contribution in [0.4, 0.5) is 4.39 Å². The van der Waals surface area contributed by atoms with Crippen molar-refractivity contribution in [1.29, 1.82) is 0 Å². The number of carboxylic acid groups (broad SMARTS) is 1. The van der Waals surface area contributed by atoms with Gasteiger partial charge in [-0.2, -0.15) is 0 Å². The number of carbonyl (C=O) groups is 1. The molecular formula is C14H12FNO3S. The molecule has 104 valence electrons. The third-order valence-electron chi connectivity index (χ3n) is 2.61. The Balaban J connectivity index is 2.09. The standard InChI is InChI=1S/C14H12FNO3S/c1-19-10-3-2-9(12(15)6-10)8-20-11-4-5-16-13(7-11)14(17)18/h2-7H,8H2,1H3,(H,17,18). The number of methoxy groups -OCH3 is 1. The zero-order valence-corrected chi connectivity index (χ0v) is 11.5. The van der Waals surface area contributed by atoms with E-state index in [1.54, 1.807) is 18.2 Å². The van der Waals surface area contributed by atoms with E-state index in [9.17, 15) is 9.18 Å². The molecular weight excluding hydrogens is 281 g/mol. The number of hydrogen-bond acceptors (Lipinski definition) is 4. The van der Waals surface area contributed by atoms with Gasteiger partial charge in [0.05, 0.1) is 7.11 Å². The van der Waals surface area contributed by atoms with Gasteiger partial charge in [-0.3, -0.25) is 0 Å². The van der Waals surface area contributed by atoms with Crippen molar-refractivity contribution in [3.8, 4) is 5.75 Å². The molecule has 0 spiro atoms. The van der Waals surface area contributed by atoms with Gasteiger partial charge < -0.3 is 9.84 Å². The van der Waals surface area contributed by atoms with Crippen molar-refractivity contribution in [2.45, 2.75) is 10.6 Å². The molecule has 1 N–H and O–H groups in total. The lowest BCUT2D eigenvalue weighted by atomic mass is 10.2. The van der Waals surface area contributed by atoms with Crippen LogP contribution < -0.4 is 4.74 Å². The van der Waals surface area contributed by atoms with Crippen molar-refractivity contribution in [3.05, 3.63) is 53.6 Å². The number of aromatic carboxylic acids is 1. The monoisotopic (exact) mass is 293 g/mol. The molecule has 0 aliphatic carbocycles. The normalized spacial score (nSPS) is 10.3. The molecule has 0 unspecified atom stereocenters. The van der Waals surface area contributed by atoms with Crippen LogP contribution in [0.15, 0.2) is 41.4 Å². The number of benzene rings is 1. The predicted octanol–water partition coefficient (Wildman–Crippen LogP) is 3.22. The Morgan fingerprint density at radius 1 is 1.40 bits per heavy atom. The van der Waals surface area contributed by atoms with Crippen LogP contribution in [0, 0.1) is 5.82 Å². The van der Waals surface area contributed by atoms with E-state index in [1.165, 1.54) is 37.2 Å². The number of carboxylic acids is 1. The Morgan fingerprint density at radius 3 is 2.85 bits per heavy atom. The number of aromatic nitrogens is 1. The van der Waals surface area contributed by atoms with E-state index in [-0.39, 0.29) is 11.5 Å². The first kappa shape index (κ1) is 14.3. The van der Waals surface area contributed by atoms with Crippen molar-refractivity contribution in [3.63, 3.8) is 0 Å². The van der Waals surface area contributed by atoms with Crippen LogP contribution in [0.1, 0.15) is 16.1 Å². The third-order valence-corrected chi connectivity index (χ3v) is 3.65. The summed E-state index contributed by atoms with van der Waals surface area (Å²) in [7, 11) is 1.48. The van der Waals surface area contributed by atoms with Crippen molar-refractivity contribution >= 4 is 17.7 Å². The minimum absolute atomic E-state index is 0.0230. The molecule has 0 fully saturated rings. The van der Waals surface area contributed by atoms with Crippen LogP contribution in [0.3, 0.4) is 0 Å². The summed E-state index contributed by atoms with van der Waals surface area (Å²) in [6.07, 6.45) is 1.43. The summed E-state index contributed by atoms with van der Waals surface area (Å²) in [6.45, 7) is 0. The average molecular weight is 293 g/mol. The Morgan fingerprint density at radius 2 is 2.20 bits per heavy atom. The minimum Gasteiger partial charge on any atom is -0.497 e. The summed E-state index contributed by atoms with van der Waals surface area (Å²) in [5.41, 5.74) is 0.509. The number of ether oxygens (including phenoxy) is 1. The second-order valence-electron chi connectivity index (χ2n) is 3.93. The quantitative estimate of drug-likeness (QED) is 0.858. The van der Waals surface area contributed by atoms with Crippen molar-refractivity contribution in [2.24, 2.45) is 0 Å². The van der Waals surface area contributed by atoms with Gasteiger partial charge in [0.1, 0.15) is 17.3 Å². The topological polar surface area (TPSA) is 59.4 Å². The summed E-state index contributed by atoms with van der Waals surface area (Å²) < 4.78 is 18.7. The highest BCUT2D eigenvalue weighted by Gasteiger charge is 2.08. The highest BCUT2D eigenvalue weighted by molar-refractivity contribution is 7.98. The molecule has 1 heterocycles. The molecule has 4 nitrogen and oxygen atoms in total. The smallest absolute Gasteiger partial charge is 0.354 e. The van der Waals surface area contributed by atoms with Gasteiger partial charge >= 0.3 is 5.97 Å². The number of rotatable bonds is 5. The molecule has 2 rings (SSSR count). The molecule has 6 heteroatoms. The number of pyridine rings is 1. The molecule has 0 amide bonds. The Labute approximate surface area is 119 Å². The molecule has 0 saturated carbocycles. The molecule has 0 radical (unpaired) electrons. The highest BCUT2D eigenvalue weighted by atomic mass is 32.2. The molecule has 2 aromatic rings. The first-order chi connectivity index (χ1) is 9.60. The largest absolute Gasteiger partial charge is 0.497 e. The predicted molar refractivity (Wildman–Crippen MR) is 73.7 cm³/mol. The van der Waals surface area contributed by atoms with Crippen LogP contribution in [-0.2, 0) is 5.75 Å². The number of nitrogens with zero attached hydrogens (tertiary/aromatic N) is 1. The molecule has 0 aliphatic heterocycles. The van der Waals surface area contributed by atoms with E-state index in [1.807, 2.05) is 0 Å². The summed E-state index contributed by atoms with van der Waals surface area (Å²) in [5, 5.41) is 8.85. The maximum absolute atomic E-state index is 13.7. The van der Waals surface area contributed by atoms with Gasteiger partial charge in [0.2, 0.25) is 0 Å². The summed E-state index contributed by atoms with van der Waals surface area (Å²) in [4.78, 5) is 15.3. The van der Waals surface area contributed by atoms with E-state index in [0.717, 1.165) is 4.90 Å². The van der Waals surface area contributed by atoms with Gasteiger partial charge in [-0.1, -0.05) is 6.07 Å². The molecule has 0 atom stereocenters. The highest BCUT2D eigenvalue weighted by Crippen LogP contribution is 2.26. The van der Waals surface area contributed by atoms with Crippen LogP contribution in [0.5, 0.6) is 5.75 Å². The van der Waals surface area contributed by atoms with E-state index in [4.69, 9.17) is 9.84 Å². The van der Waals surface area contributed by atoms with Crippen LogP contribution in [-0.4, -0.2) is 23.2 Å². The summed E-state index contributed by atoms with van der Waals surface area (Å²) in [6, 6.07) is 7.83. The second kappa shape index (κ2) is 6.38. The number of hydrogen-bond donors (Lipinski definition) is 1. The van der Waals surface area contributed by atoms with Crippen LogP contribution in [0.2, 0.25) is 0 Å². The lowest BCUT2D eigenvalue weighted by molar-refractivity contribution is 0.0690. The van der Waals surface area contributed by atoms with E-state index in [0.29, 0.717) is 17.1 Å². The SMILES string of the molecule is COc1ccc(CSc2ccnc(C(=O)O)c2)c(F)c1. The molecule has 20 heavy (non-hydrogen) atoms. The first-order valence-corrected chi connectivity index (χ1v) is 6.73.